The summed E-state index contributed by atoms with van der Waals surface area (Å²) in [7, 11) is 1.39. The Morgan fingerprint density at radius 1 is 1.47 bits per heavy atom. The van der Waals surface area contributed by atoms with E-state index in [1.54, 1.807) is 6.07 Å². The zero-order chi connectivity index (χ0) is 11.5. The molecule has 1 atom stereocenters. The predicted octanol–water partition coefficient (Wildman–Crippen LogP) is 2.69. The van der Waals surface area contributed by atoms with Gasteiger partial charge in [0.05, 0.1) is 12.7 Å². The first-order valence-electron chi connectivity index (χ1n) is 5.66. The van der Waals surface area contributed by atoms with E-state index >= 15 is 0 Å². The normalized spacial score (nSPS) is 16.6. The van der Waals surface area contributed by atoms with Crippen LogP contribution in [0.3, 0.4) is 0 Å². The van der Waals surface area contributed by atoms with Gasteiger partial charge in [-0.15, -0.1) is 12.4 Å². The summed E-state index contributed by atoms with van der Waals surface area (Å²) in [5.74, 6) is 0.274. The van der Waals surface area contributed by atoms with E-state index in [-0.39, 0.29) is 24.4 Å². The highest BCUT2D eigenvalue weighted by molar-refractivity contribution is 5.89. The molecule has 0 radical (unpaired) electrons. The molecule has 0 bridgehead atoms. The Hall–Kier alpha value is -1.06. The number of esters is 1. The third-order valence-corrected chi connectivity index (χ3v) is 3.35. The van der Waals surface area contributed by atoms with Gasteiger partial charge in [-0.1, -0.05) is 18.6 Å². The highest BCUT2D eigenvalue weighted by atomic mass is 35.5. The molecule has 1 aromatic rings. The van der Waals surface area contributed by atoms with Crippen LogP contribution in [0, 0.1) is 5.92 Å². The number of rotatable bonds is 3. The standard InChI is InChI=1S/C13H17NO2.ClH/c1-16-13(15)11-7-3-6-10(8-11)12(14)9-4-2-5-9;/h3,6-9,12H,2,4-5,14H2,1H3;1H/t12-;/m1./s1. The van der Waals surface area contributed by atoms with Crippen molar-refractivity contribution >= 4 is 18.4 Å². The molecule has 4 heteroatoms. The monoisotopic (exact) mass is 255 g/mol. The van der Waals surface area contributed by atoms with Gasteiger partial charge in [-0.05, 0) is 36.5 Å². The average Bonchev–Trinajstić information content (AvgIpc) is 2.26. The van der Waals surface area contributed by atoms with Crippen LogP contribution in [0.2, 0.25) is 0 Å². The van der Waals surface area contributed by atoms with E-state index in [2.05, 4.69) is 0 Å². The molecule has 0 amide bonds. The van der Waals surface area contributed by atoms with Crippen LogP contribution in [0.4, 0.5) is 0 Å². The number of nitrogens with two attached hydrogens (primary N) is 1. The lowest BCUT2D eigenvalue weighted by atomic mass is 9.77. The van der Waals surface area contributed by atoms with E-state index in [9.17, 15) is 4.79 Å². The Balaban J connectivity index is 0.00000144. The van der Waals surface area contributed by atoms with Gasteiger partial charge < -0.3 is 10.5 Å². The van der Waals surface area contributed by atoms with Gasteiger partial charge in [0.25, 0.3) is 0 Å². The van der Waals surface area contributed by atoms with Crippen molar-refractivity contribution in [2.75, 3.05) is 7.11 Å². The van der Waals surface area contributed by atoms with Crippen LogP contribution in [-0.2, 0) is 4.74 Å². The lowest BCUT2D eigenvalue weighted by molar-refractivity contribution is 0.0600. The van der Waals surface area contributed by atoms with Gasteiger partial charge in [-0.3, -0.25) is 0 Å². The highest BCUT2D eigenvalue weighted by Gasteiger charge is 2.25. The molecule has 17 heavy (non-hydrogen) atoms. The van der Waals surface area contributed by atoms with E-state index in [0.717, 1.165) is 5.56 Å². The van der Waals surface area contributed by atoms with Gasteiger partial charge in [-0.2, -0.15) is 0 Å². The molecule has 2 N–H and O–H groups in total. The third kappa shape index (κ3) is 2.99. The number of carbonyl (C=O) groups excluding carboxylic acids is 1. The van der Waals surface area contributed by atoms with Crippen molar-refractivity contribution in [3.8, 4) is 0 Å². The second-order valence-corrected chi connectivity index (χ2v) is 4.33. The summed E-state index contributed by atoms with van der Waals surface area (Å²) in [5, 5.41) is 0. The average molecular weight is 256 g/mol. The van der Waals surface area contributed by atoms with Crippen LogP contribution in [0.1, 0.15) is 41.2 Å². The molecule has 1 aromatic carbocycles. The molecule has 0 heterocycles. The summed E-state index contributed by atoms with van der Waals surface area (Å²) in [6.07, 6.45) is 3.67. The molecule has 3 nitrogen and oxygen atoms in total. The number of hydrogen-bond acceptors (Lipinski definition) is 3. The first-order valence-corrected chi connectivity index (χ1v) is 5.66. The second kappa shape index (κ2) is 6.03. The Bertz CT molecular complexity index is 391. The van der Waals surface area contributed by atoms with Gasteiger partial charge >= 0.3 is 5.97 Å². The fraction of sp³-hybridized carbons (Fsp3) is 0.462. The number of hydrogen-bond donors (Lipinski definition) is 1. The molecule has 0 aliphatic heterocycles. The Morgan fingerprint density at radius 2 is 2.18 bits per heavy atom. The van der Waals surface area contributed by atoms with Crippen molar-refractivity contribution in [1.29, 1.82) is 0 Å². The fourth-order valence-electron chi connectivity index (χ4n) is 2.06. The van der Waals surface area contributed by atoms with Crippen LogP contribution >= 0.6 is 12.4 Å². The van der Waals surface area contributed by atoms with Gasteiger partial charge in [0.2, 0.25) is 0 Å². The first-order chi connectivity index (χ1) is 7.72. The van der Waals surface area contributed by atoms with Gasteiger partial charge in [0.15, 0.2) is 0 Å². The number of carbonyl (C=O) groups is 1. The van der Waals surface area contributed by atoms with E-state index < -0.39 is 0 Å². The van der Waals surface area contributed by atoms with E-state index in [4.69, 9.17) is 10.5 Å². The lowest BCUT2D eigenvalue weighted by Gasteiger charge is -2.31. The van der Waals surface area contributed by atoms with Crippen LogP contribution in [0.25, 0.3) is 0 Å². The van der Waals surface area contributed by atoms with Crippen molar-refractivity contribution in [1.82, 2.24) is 0 Å². The van der Waals surface area contributed by atoms with Crippen molar-refractivity contribution in [3.63, 3.8) is 0 Å². The number of benzene rings is 1. The summed E-state index contributed by atoms with van der Waals surface area (Å²) >= 11 is 0. The molecule has 0 unspecified atom stereocenters. The van der Waals surface area contributed by atoms with Crippen LogP contribution in [-0.4, -0.2) is 13.1 Å². The third-order valence-electron chi connectivity index (χ3n) is 3.35. The summed E-state index contributed by atoms with van der Waals surface area (Å²) in [6.45, 7) is 0. The van der Waals surface area contributed by atoms with E-state index in [0.29, 0.717) is 11.5 Å². The quantitative estimate of drug-likeness (QED) is 0.845. The van der Waals surface area contributed by atoms with Crippen LogP contribution in [0.5, 0.6) is 0 Å². The molecule has 1 fully saturated rings. The van der Waals surface area contributed by atoms with Gasteiger partial charge in [0, 0.05) is 6.04 Å². The maximum atomic E-state index is 11.4. The topological polar surface area (TPSA) is 52.3 Å². The molecule has 2 rings (SSSR count). The zero-order valence-corrected chi connectivity index (χ0v) is 10.7. The SMILES string of the molecule is COC(=O)c1cccc([C@H](N)C2CCC2)c1.Cl. The maximum absolute atomic E-state index is 11.4. The minimum Gasteiger partial charge on any atom is -0.465 e. The Morgan fingerprint density at radius 3 is 2.71 bits per heavy atom. The zero-order valence-electron chi connectivity index (χ0n) is 9.89. The highest BCUT2D eigenvalue weighted by Crippen LogP contribution is 2.36. The summed E-state index contributed by atoms with van der Waals surface area (Å²) in [6, 6.07) is 7.49. The maximum Gasteiger partial charge on any atom is 0.337 e. The van der Waals surface area contributed by atoms with Gasteiger partial charge in [-0.25, -0.2) is 4.79 Å². The van der Waals surface area contributed by atoms with Crippen molar-refractivity contribution in [2.24, 2.45) is 11.7 Å². The Kier molecular flexibility index (Phi) is 4.97. The molecule has 1 saturated carbocycles. The van der Waals surface area contributed by atoms with Crippen LogP contribution in [0.15, 0.2) is 24.3 Å². The molecular formula is C13H18ClNO2. The largest absolute Gasteiger partial charge is 0.465 e. The molecule has 1 aliphatic rings. The van der Waals surface area contributed by atoms with Gasteiger partial charge in [0.1, 0.15) is 0 Å². The molecule has 0 spiro atoms. The molecule has 94 valence electrons. The predicted molar refractivity (Wildman–Crippen MR) is 69.3 cm³/mol. The summed E-state index contributed by atoms with van der Waals surface area (Å²) in [4.78, 5) is 11.4. The minimum atomic E-state index is -0.303. The number of ether oxygens (including phenoxy) is 1. The van der Waals surface area contributed by atoms with Crippen molar-refractivity contribution in [2.45, 2.75) is 25.3 Å². The van der Waals surface area contributed by atoms with E-state index in [1.807, 2.05) is 18.2 Å². The summed E-state index contributed by atoms with van der Waals surface area (Å²) < 4.78 is 4.69. The molecule has 0 saturated heterocycles. The lowest BCUT2D eigenvalue weighted by Crippen LogP contribution is -2.27. The van der Waals surface area contributed by atoms with Crippen LogP contribution < -0.4 is 5.73 Å². The Labute approximate surface area is 108 Å². The molecular weight excluding hydrogens is 238 g/mol. The van der Waals surface area contributed by atoms with Crippen molar-refractivity contribution in [3.05, 3.63) is 35.4 Å². The van der Waals surface area contributed by atoms with Crippen molar-refractivity contribution < 1.29 is 9.53 Å². The molecule has 1 aliphatic carbocycles. The molecule has 0 aromatic heterocycles. The number of halogens is 1. The second-order valence-electron chi connectivity index (χ2n) is 4.33. The van der Waals surface area contributed by atoms with E-state index in [1.165, 1.54) is 26.4 Å². The summed E-state index contributed by atoms with van der Waals surface area (Å²) in [5.41, 5.74) is 7.77. The minimum absolute atomic E-state index is 0. The number of methoxy groups -OCH3 is 1. The smallest absolute Gasteiger partial charge is 0.337 e. The first kappa shape index (κ1) is 14.0. The fourth-order valence-corrected chi connectivity index (χ4v) is 2.06.